The highest BCUT2D eigenvalue weighted by Crippen LogP contribution is 2.22. The van der Waals surface area contributed by atoms with Crippen molar-refractivity contribution in [3.8, 4) is 0 Å². The lowest BCUT2D eigenvalue weighted by atomic mass is 10.2. The molecule has 2 nitrogen and oxygen atoms in total. The summed E-state index contributed by atoms with van der Waals surface area (Å²) < 4.78 is 26.3. The predicted octanol–water partition coefficient (Wildman–Crippen LogP) is 1.81. The molecule has 0 spiro atoms. The molecule has 0 amide bonds. The lowest BCUT2D eigenvalue weighted by Crippen LogP contribution is -2.20. The molecule has 4 heteroatoms. The van der Waals surface area contributed by atoms with Gasteiger partial charge in [-0.25, -0.2) is 8.78 Å². The number of benzene rings is 1. The third kappa shape index (κ3) is 1.39. The van der Waals surface area contributed by atoms with Gasteiger partial charge in [0.25, 0.3) is 0 Å². The Bertz CT molecular complexity index is 329. The summed E-state index contributed by atoms with van der Waals surface area (Å²) in [6.45, 7) is 1.13. The van der Waals surface area contributed by atoms with E-state index in [4.69, 9.17) is 0 Å². The number of halogens is 2. The molecular weight excluding hydrogens is 174 g/mol. The fraction of sp³-hybridized carbons (Fsp3) is 0.222. The number of para-hydroxylation sites is 1. The van der Waals surface area contributed by atoms with Crippen molar-refractivity contribution < 1.29 is 8.78 Å². The summed E-state index contributed by atoms with van der Waals surface area (Å²) >= 11 is 0. The summed E-state index contributed by atoms with van der Waals surface area (Å²) in [5.41, 5.74) is -0.0104. The molecule has 0 saturated carbocycles. The minimum atomic E-state index is -0.548. The van der Waals surface area contributed by atoms with E-state index in [1.54, 1.807) is 0 Å². The number of anilines is 1. The van der Waals surface area contributed by atoms with Gasteiger partial charge in [-0.15, -0.1) is 0 Å². The Kier molecular flexibility index (Phi) is 1.96. The summed E-state index contributed by atoms with van der Waals surface area (Å²) in [6.07, 6.45) is 1.46. The van der Waals surface area contributed by atoms with Gasteiger partial charge >= 0.3 is 0 Å². The molecule has 1 aromatic rings. The van der Waals surface area contributed by atoms with Gasteiger partial charge in [-0.3, -0.25) is 4.99 Å². The molecule has 0 aromatic heterocycles. The highest BCUT2D eigenvalue weighted by molar-refractivity contribution is 5.81. The van der Waals surface area contributed by atoms with Gasteiger partial charge in [0.1, 0.15) is 17.3 Å². The standard InChI is InChI=1S/C9H8F2N2/c10-7-2-1-3-8(11)9(7)13-5-4-12-6-13/h1-3,6H,4-5H2. The van der Waals surface area contributed by atoms with E-state index in [1.165, 1.54) is 29.4 Å². The molecule has 0 radical (unpaired) electrons. The van der Waals surface area contributed by atoms with Crippen LogP contribution < -0.4 is 4.90 Å². The van der Waals surface area contributed by atoms with Gasteiger partial charge in [0.05, 0.1) is 12.9 Å². The Morgan fingerprint density at radius 1 is 1.23 bits per heavy atom. The highest BCUT2D eigenvalue weighted by atomic mass is 19.1. The van der Waals surface area contributed by atoms with Crippen molar-refractivity contribution in [1.29, 1.82) is 0 Å². The Labute approximate surface area is 74.5 Å². The monoisotopic (exact) mass is 182 g/mol. The van der Waals surface area contributed by atoms with Crippen LogP contribution in [0.4, 0.5) is 14.5 Å². The minimum Gasteiger partial charge on any atom is -0.326 e. The van der Waals surface area contributed by atoms with Crippen LogP contribution in [0, 0.1) is 11.6 Å². The van der Waals surface area contributed by atoms with Gasteiger partial charge in [0, 0.05) is 6.54 Å². The fourth-order valence-electron chi connectivity index (χ4n) is 1.31. The van der Waals surface area contributed by atoms with Crippen LogP contribution in [-0.4, -0.2) is 19.4 Å². The SMILES string of the molecule is Fc1cccc(F)c1N1C=NCC1. The maximum Gasteiger partial charge on any atom is 0.149 e. The fourth-order valence-corrected chi connectivity index (χ4v) is 1.31. The number of aliphatic imine (C=N–C) groups is 1. The number of nitrogens with zero attached hydrogens (tertiary/aromatic N) is 2. The predicted molar refractivity (Wildman–Crippen MR) is 47.1 cm³/mol. The van der Waals surface area contributed by atoms with E-state index in [9.17, 15) is 8.78 Å². The first kappa shape index (κ1) is 8.16. The number of rotatable bonds is 1. The van der Waals surface area contributed by atoms with E-state index >= 15 is 0 Å². The second-order valence-electron chi connectivity index (χ2n) is 2.79. The van der Waals surface area contributed by atoms with E-state index < -0.39 is 11.6 Å². The smallest absolute Gasteiger partial charge is 0.149 e. The van der Waals surface area contributed by atoms with Crippen molar-refractivity contribution in [3.05, 3.63) is 29.8 Å². The zero-order valence-corrected chi connectivity index (χ0v) is 6.87. The maximum atomic E-state index is 13.2. The maximum absolute atomic E-state index is 13.2. The van der Waals surface area contributed by atoms with Crippen molar-refractivity contribution in [1.82, 2.24) is 0 Å². The quantitative estimate of drug-likeness (QED) is 0.646. The molecule has 1 heterocycles. The van der Waals surface area contributed by atoms with Crippen LogP contribution in [0.2, 0.25) is 0 Å². The van der Waals surface area contributed by atoms with Crippen LogP contribution >= 0.6 is 0 Å². The van der Waals surface area contributed by atoms with Crippen LogP contribution in [-0.2, 0) is 0 Å². The third-order valence-corrected chi connectivity index (χ3v) is 1.92. The van der Waals surface area contributed by atoms with Crippen LogP contribution in [0.25, 0.3) is 0 Å². The summed E-state index contributed by atoms with van der Waals surface area (Å²) in [6, 6.07) is 3.83. The van der Waals surface area contributed by atoms with Gasteiger partial charge in [-0.2, -0.15) is 0 Å². The molecule has 0 aliphatic carbocycles. The number of hydrogen-bond acceptors (Lipinski definition) is 2. The van der Waals surface area contributed by atoms with Crippen LogP contribution in [0.3, 0.4) is 0 Å². The van der Waals surface area contributed by atoms with Gasteiger partial charge in [0.2, 0.25) is 0 Å². The van der Waals surface area contributed by atoms with Gasteiger partial charge < -0.3 is 4.90 Å². The third-order valence-electron chi connectivity index (χ3n) is 1.92. The zero-order chi connectivity index (χ0) is 9.26. The Morgan fingerprint density at radius 2 is 1.92 bits per heavy atom. The second kappa shape index (κ2) is 3.12. The summed E-state index contributed by atoms with van der Waals surface area (Å²) in [5, 5.41) is 0. The summed E-state index contributed by atoms with van der Waals surface area (Å²) in [4.78, 5) is 5.37. The molecule has 68 valence electrons. The van der Waals surface area contributed by atoms with E-state index in [0.717, 1.165) is 0 Å². The first-order chi connectivity index (χ1) is 6.29. The molecule has 1 aromatic carbocycles. The van der Waals surface area contributed by atoms with Crippen molar-refractivity contribution in [2.24, 2.45) is 4.99 Å². The lowest BCUT2D eigenvalue weighted by Gasteiger charge is -2.14. The molecule has 0 atom stereocenters. The molecule has 1 aliphatic rings. The highest BCUT2D eigenvalue weighted by Gasteiger charge is 2.16. The molecule has 0 bridgehead atoms. The average Bonchev–Trinajstić information content (AvgIpc) is 2.57. The van der Waals surface area contributed by atoms with Crippen molar-refractivity contribution >= 4 is 12.0 Å². The molecule has 0 unspecified atom stereocenters. The van der Waals surface area contributed by atoms with Gasteiger partial charge in [0.15, 0.2) is 0 Å². The second-order valence-corrected chi connectivity index (χ2v) is 2.79. The van der Waals surface area contributed by atoms with Gasteiger partial charge in [-0.1, -0.05) is 6.07 Å². The van der Waals surface area contributed by atoms with Crippen LogP contribution in [0.5, 0.6) is 0 Å². The summed E-state index contributed by atoms with van der Waals surface area (Å²) in [5.74, 6) is -1.10. The largest absolute Gasteiger partial charge is 0.326 e. The van der Waals surface area contributed by atoms with Crippen molar-refractivity contribution in [2.45, 2.75) is 0 Å². The molecular formula is C9H8F2N2. The molecule has 0 N–H and O–H groups in total. The van der Waals surface area contributed by atoms with E-state index in [-0.39, 0.29) is 5.69 Å². The van der Waals surface area contributed by atoms with Crippen molar-refractivity contribution in [2.75, 3.05) is 18.0 Å². The Balaban J connectivity index is 2.43. The molecule has 0 saturated heterocycles. The first-order valence-electron chi connectivity index (χ1n) is 3.99. The topological polar surface area (TPSA) is 15.6 Å². The number of hydrogen-bond donors (Lipinski definition) is 0. The molecule has 0 fully saturated rings. The lowest BCUT2D eigenvalue weighted by molar-refractivity contribution is 0.583. The van der Waals surface area contributed by atoms with E-state index in [2.05, 4.69) is 4.99 Å². The average molecular weight is 182 g/mol. The molecule has 2 rings (SSSR count). The normalized spacial score (nSPS) is 15.4. The Hall–Kier alpha value is -1.45. The van der Waals surface area contributed by atoms with E-state index in [1.807, 2.05) is 0 Å². The molecule has 13 heavy (non-hydrogen) atoms. The first-order valence-corrected chi connectivity index (χ1v) is 3.99. The molecule has 1 aliphatic heterocycles. The van der Waals surface area contributed by atoms with E-state index in [0.29, 0.717) is 13.1 Å². The van der Waals surface area contributed by atoms with Crippen LogP contribution in [0.15, 0.2) is 23.2 Å². The van der Waals surface area contributed by atoms with Gasteiger partial charge in [-0.05, 0) is 12.1 Å². The van der Waals surface area contributed by atoms with Crippen LogP contribution in [0.1, 0.15) is 0 Å². The Morgan fingerprint density at radius 3 is 2.46 bits per heavy atom. The summed E-state index contributed by atoms with van der Waals surface area (Å²) in [7, 11) is 0. The van der Waals surface area contributed by atoms with Crippen molar-refractivity contribution in [3.63, 3.8) is 0 Å². The zero-order valence-electron chi connectivity index (χ0n) is 6.87. The minimum absolute atomic E-state index is 0.0104.